The van der Waals surface area contributed by atoms with E-state index in [1.165, 1.54) is 0 Å². The summed E-state index contributed by atoms with van der Waals surface area (Å²) in [5.41, 5.74) is 5.74. The number of fused-ring (bicyclic) bond motifs is 1. The number of carboxylic acids is 1. The third-order valence-corrected chi connectivity index (χ3v) is 4.95. The van der Waals surface area contributed by atoms with E-state index in [-0.39, 0.29) is 12.3 Å². The first-order valence-corrected chi connectivity index (χ1v) is 9.09. The van der Waals surface area contributed by atoms with Crippen molar-refractivity contribution in [3.8, 4) is 5.75 Å². The maximum absolute atomic E-state index is 11.3. The Balaban J connectivity index is 2.18. The number of nitrogens with one attached hydrogen (secondary N) is 1. The first kappa shape index (κ1) is 19.3. The number of hydrogen-bond acceptors (Lipinski definition) is 6. The van der Waals surface area contributed by atoms with Crippen molar-refractivity contribution < 1.29 is 19.4 Å². The molecule has 0 bridgehead atoms. The Hall–Kier alpha value is -2.42. The number of amidine groups is 1. The molecule has 4 N–H and O–H groups in total. The summed E-state index contributed by atoms with van der Waals surface area (Å²) < 4.78 is 12.5. The molecule has 142 valence electrons. The van der Waals surface area contributed by atoms with Crippen molar-refractivity contribution in [3.05, 3.63) is 57.6 Å². The van der Waals surface area contributed by atoms with Gasteiger partial charge in [0.1, 0.15) is 23.8 Å². The smallest absolute Gasteiger partial charge is 0.306 e. The molecule has 8 heteroatoms. The number of hydrazine groups is 1. The minimum Gasteiger partial charge on any atom is -0.496 e. The standard InChI is InChI=1S/C19H20BrN3O4/c1-10-12(4-3-5-15(10)26-2)18-13-8-11(20)6-7-14(13)22-19(23-21)16(27-18)9-17(24)25/h3-8,16,18H,9,21H2,1-2H3,(H,22,23)(H,24,25). The molecule has 2 aromatic rings. The van der Waals surface area contributed by atoms with Gasteiger partial charge in [0.2, 0.25) is 0 Å². The fraction of sp³-hybridized carbons (Fsp3) is 0.263. The van der Waals surface area contributed by atoms with Gasteiger partial charge in [-0.15, -0.1) is 0 Å². The Kier molecular flexibility index (Phi) is 5.79. The molecule has 7 nitrogen and oxygen atoms in total. The number of nitrogens with zero attached hydrogens (tertiary/aromatic N) is 1. The SMILES string of the molecule is COc1cccc(C2OC(CC(=O)O)C(NN)=Nc3ccc(Br)cc32)c1C. The van der Waals surface area contributed by atoms with Crippen molar-refractivity contribution in [2.45, 2.75) is 25.6 Å². The number of methoxy groups -OCH3 is 1. The highest BCUT2D eigenvalue weighted by atomic mass is 79.9. The van der Waals surface area contributed by atoms with Gasteiger partial charge in [-0.3, -0.25) is 4.79 Å². The molecule has 0 amide bonds. The molecule has 0 saturated carbocycles. The predicted molar refractivity (Wildman–Crippen MR) is 105 cm³/mol. The average molecular weight is 434 g/mol. The molecular weight excluding hydrogens is 414 g/mol. The van der Waals surface area contributed by atoms with E-state index in [2.05, 4.69) is 26.3 Å². The third kappa shape index (κ3) is 3.97. The van der Waals surface area contributed by atoms with Crippen molar-refractivity contribution in [3.63, 3.8) is 0 Å². The Bertz CT molecular complexity index is 901. The van der Waals surface area contributed by atoms with Crippen LogP contribution >= 0.6 is 15.9 Å². The molecule has 0 aromatic heterocycles. The van der Waals surface area contributed by atoms with E-state index in [1.54, 1.807) is 7.11 Å². The normalized spacial score (nSPS) is 18.9. The van der Waals surface area contributed by atoms with Gasteiger partial charge in [0.15, 0.2) is 0 Å². The highest BCUT2D eigenvalue weighted by Gasteiger charge is 2.32. The number of carboxylic acid groups (broad SMARTS) is 1. The lowest BCUT2D eigenvalue weighted by atomic mass is 9.95. The summed E-state index contributed by atoms with van der Waals surface area (Å²) in [7, 11) is 1.61. The number of aliphatic imine (C=N–C) groups is 1. The second-order valence-corrected chi connectivity index (χ2v) is 7.04. The van der Waals surface area contributed by atoms with Gasteiger partial charge >= 0.3 is 5.97 Å². The molecule has 1 aliphatic heterocycles. The lowest BCUT2D eigenvalue weighted by Gasteiger charge is -2.25. The molecule has 3 rings (SSSR count). The van der Waals surface area contributed by atoms with Crippen LogP contribution in [0.5, 0.6) is 5.75 Å². The van der Waals surface area contributed by atoms with Crippen LogP contribution in [-0.2, 0) is 9.53 Å². The minimum atomic E-state index is -1.00. The molecule has 0 radical (unpaired) electrons. The van der Waals surface area contributed by atoms with Gasteiger partial charge in [-0.2, -0.15) is 0 Å². The zero-order valence-corrected chi connectivity index (χ0v) is 16.5. The Labute approximate surface area is 165 Å². The van der Waals surface area contributed by atoms with E-state index in [0.717, 1.165) is 26.9 Å². The van der Waals surface area contributed by atoms with Crippen LogP contribution < -0.4 is 16.0 Å². The van der Waals surface area contributed by atoms with Crippen molar-refractivity contribution in [1.29, 1.82) is 0 Å². The number of carbonyl (C=O) groups is 1. The summed E-state index contributed by atoms with van der Waals surface area (Å²) in [5, 5.41) is 9.29. The number of nitrogens with two attached hydrogens (primary N) is 1. The van der Waals surface area contributed by atoms with Gasteiger partial charge in [0, 0.05) is 10.0 Å². The lowest BCUT2D eigenvalue weighted by Crippen LogP contribution is -2.41. The number of halogens is 1. The molecule has 1 aliphatic rings. The highest BCUT2D eigenvalue weighted by molar-refractivity contribution is 9.10. The number of benzene rings is 2. The lowest BCUT2D eigenvalue weighted by molar-refractivity contribution is -0.139. The van der Waals surface area contributed by atoms with Crippen LogP contribution in [0, 0.1) is 6.92 Å². The molecule has 2 atom stereocenters. The van der Waals surface area contributed by atoms with E-state index in [9.17, 15) is 9.90 Å². The molecule has 2 unspecified atom stereocenters. The van der Waals surface area contributed by atoms with Crippen LogP contribution in [0.2, 0.25) is 0 Å². The number of ether oxygens (including phenoxy) is 2. The largest absolute Gasteiger partial charge is 0.496 e. The topological polar surface area (TPSA) is 106 Å². The Morgan fingerprint density at radius 1 is 1.37 bits per heavy atom. The summed E-state index contributed by atoms with van der Waals surface area (Å²) in [6.45, 7) is 1.94. The number of aliphatic carboxylic acids is 1. The van der Waals surface area contributed by atoms with Crippen molar-refractivity contribution in [2.75, 3.05) is 7.11 Å². The van der Waals surface area contributed by atoms with E-state index < -0.39 is 18.2 Å². The van der Waals surface area contributed by atoms with Gasteiger partial charge in [0.05, 0.1) is 19.2 Å². The first-order chi connectivity index (χ1) is 12.9. The fourth-order valence-electron chi connectivity index (χ4n) is 3.15. The maximum Gasteiger partial charge on any atom is 0.306 e. The van der Waals surface area contributed by atoms with Gasteiger partial charge in [-0.1, -0.05) is 28.1 Å². The predicted octanol–water partition coefficient (Wildman–Crippen LogP) is 3.22. The van der Waals surface area contributed by atoms with E-state index in [0.29, 0.717) is 5.69 Å². The van der Waals surface area contributed by atoms with Crippen molar-refractivity contribution >= 4 is 33.4 Å². The molecule has 1 heterocycles. The van der Waals surface area contributed by atoms with Crippen LogP contribution in [0.1, 0.15) is 29.2 Å². The van der Waals surface area contributed by atoms with Crippen LogP contribution in [0.3, 0.4) is 0 Å². The van der Waals surface area contributed by atoms with Gasteiger partial charge in [-0.25, -0.2) is 10.8 Å². The molecule has 27 heavy (non-hydrogen) atoms. The number of hydrogen-bond donors (Lipinski definition) is 3. The first-order valence-electron chi connectivity index (χ1n) is 8.30. The molecule has 0 fully saturated rings. The highest BCUT2D eigenvalue weighted by Crippen LogP contribution is 2.41. The van der Waals surface area contributed by atoms with Crippen molar-refractivity contribution in [1.82, 2.24) is 5.43 Å². The second-order valence-electron chi connectivity index (χ2n) is 6.12. The second kappa shape index (κ2) is 8.08. The van der Waals surface area contributed by atoms with Crippen LogP contribution in [0.15, 0.2) is 45.9 Å². The third-order valence-electron chi connectivity index (χ3n) is 4.45. The van der Waals surface area contributed by atoms with E-state index in [4.69, 9.17) is 15.3 Å². The summed E-state index contributed by atoms with van der Waals surface area (Å²) in [6.07, 6.45) is -1.63. The van der Waals surface area contributed by atoms with Crippen LogP contribution in [0.25, 0.3) is 0 Å². The molecule has 0 aliphatic carbocycles. The summed E-state index contributed by atoms with van der Waals surface area (Å²) in [6, 6.07) is 11.3. The van der Waals surface area contributed by atoms with Gasteiger partial charge in [0.25, 0.3) is 0 Å². The zero-order chi connectivity index (χ0) is 19.6. The zero-order valence-electron chi connectivity index (χ0n) is 14.9. The van der Waals surface area contributed by atoms with Crippen LogP contribution in [0.4, 0.5) is 5.69 Å². The molecule has 0 spiro atoms. The molecular formula is C19H20BrN3O4. The van der Waals surface area contributed by atoms with Crippen LogP contribution in [-0.4, -0.2) is 30.1 Å². The minimum absolute atomic E-state index is 0.266. The summed E-state index contributed by atoms with van der Waals surface area (Å²) in [4.78, 5) is 15.9. The van der Waals surface area contributed by atoms with E-state index in [1.807, 2.05) is 43.3 Å². The van der Waals surface area contributed by atoms with Crippen molar-refractivity contribution in [2.24, 2.45) is 10.8 Å². The quantitative estimate of drug-likeness (QED) is 0.504. The molecule has 0 saturated heterocycles. The number of rotatable bonds is 4. The van der Waals surface area contributed by atoms with Gasteiger partial charge < -0.3 is 20.0 Å². The maximum atomic E-state index is 11.3. The fourth-order valence-corrected chi connectivity index (χ4v) is 3.53. The summed E-state index contributed by atoms with van der Waals surface area (Å²) >= 11 is 3.49. The Morgan fingerprint density at radius 2 is 2.15 bits per heavy atom. The monoisotopic (exact) mass is 433 g/mol. The summed E-state index contributed by atoms with van der Waals surface area (Å²) in [5.74, 6) is 5.59. The van der Waals surface area contributed by atoms with Gasteiger partial charge in [-0.05, 0) is 42.3 Å². The molecule has 2 aromatic carbocycles. The van der Waals surface area contributed by atoms with E-state index >= 15 is 0 Å². The Morgan fingerprint density at radius 3 is 2.81 bits per heavy atom. The average Bonchev–Trinajstić information content (AvgIpc) is 2.78.